The molecule has 0 saturated carbocycles. The molecule has 2 heterocycles. The fourth-order valence-corrected chi connectivity index (χ4v) is 4.57. The lowest BCUT2D eigenvalue weighted by atomic mass is 10.0. The largest absolute Gasteiger partial charge is 0.323 e. The number of rotatable bonds is 4. The first-order valence-electron chi connectivity index (χ1n) is 10.9. The zero-order chi connectivity index (χ0) is 21.5. The summed E-state index contributed by atoms with van der Waals surface area (Å²) in [5.41, 5.74) is 8.11. The molecule has 0 radical (unpaired) electrons. The fraction of sp³-hybridized carbons (Fsp3) is 0.259. The van der Waals surface area contributed by atoms with Crippen LogP contribution in [0.1, 0.15) is 40.4 Å². The van der Waals surface area contributed by atoms with Crippen LogP contribution in [0.25, 0.3) is 11.0 Å². The molecule has 0 N–H and O–H groups in total. The molecule has 156 valence electrons. The van der Waals surface area contributed by atoms with Crippen molar-refractivity contribution in [3.8, 4) is 0 Å². The van der Waals surface area contributed by atoms with Crippen molar-refractivity contribution < 1.29 is 4.79 Å². The molecule has 0 spiro atoms. The molecule has 1 fully saturated rings. The summed E-state index contributed by atoms with van der Waals surface area (Å²) in [5, 5.41) is 0. The summed E-state index contributed by atoms with van der Waals surface area (Å²) in [6.07, 6.45) is 0.490. The average Bonchev–Trinajstić information content (AvgIpc) is 3.32. The summed E-state index contributed by atoms with van der Waals surface area (Å²) in [6.45, 7) is 7.78. The summed E-state index contributed by atoms with van der Waals surface area (Å²) in [6, 6.07) is 23.1. The van der Waals surface area contributed by atoms with E-state index < -0.39 is 0 Å². The molecule has 1 aromatic heterocycles. The molecule has 1 saturated heterocycles. The first kappa shape index (κ1) is 19.6. The summed E-state index contributed by atoms with van der Waals surface area (Å²) in [4.78, 5) is 19.8. The minimum Gasteiger partial charge on any atom is -0.323 e. The van der Waals surface area contributed by atoms with E-state index in [-0.39, 0.29) is 11.8 Å². The van der Waals surface area contributed by atoms with E-state index in [2.05, 4.69) is 73.9 Å². The molecule has 1 amide bonds. The number of imidazole rings is 1. The van der Waals surface area contributed by atoms with Crippen molar-refractivity contribution in [1.29, 1.82) is 0 Å². The minimum atomic E-state index is 0.0753. The van der Waals surface area contributed by atoms with Crippen molar-refractivity contribution in [2.75, 3.05) is 11.4 Å². The monoisotopic (exact) mass is 409 g/mol. The number of carbonyl (C=O) groups excluding carboxylic acids is 1. The Balaban J connectivity index is 1.54. The van der Waals surface area contributed by atoms with Gasteiger partial charge in [0.15, 0.2) is 0 Å². The standard InChI is InChI=1S/C27H27N3O/c1-18-9-12-23(13-10-18)29-17-22(15-26(29)31)27-28-24-6-4-5-7-25(24)30(27)16-21-14-19(2)8-11-20(21)3/h4-14,22H,15-17H2,1-3H3/t22-/m0/s1. The Labute approximate surface area is 183 Å². The zero-order valence-electron chi connectivity index (χ0n) is 18.3. The molecule has 1 aliphatic rings. The zero-order valence-corrected chi connectivity index (χ0v) is 18.3. The molecule has 1 atom stereocenters. The highest BCUT2D eigenvalue weighted by atomic mass is 16.2. The van der Waals surface area contributed by atoms with Crippen LogP contribution < -0.4 is 4.90 Å². The predicted molar refractivity (Wildman–Crippen MR) is 126 cm³/mol. The maximum Gasteiger partial charge on any atom is 0.227 e. The van der Waals surface area contributed by atoms with Gasteiger partial charge in [-0.05, 0) is 56.2 Å². The third-order valence-corrected chi connectivity index (χ3v) is 6.35. The number of nitrogens with zero attached hydrogens (tertiary/aromatic N) is 3. The van der Waals surface area contributed by atoms with E-state index in [0.717, 1.165) is 29.1 Å². The van der Waals surface area contributed by atoms with Crippen LogP contribution in [-0.4, -0.2) is 22.0 Å². The minimum absolute atomic E-state index is 0.0753. The first-order chi connectivity index (χ1) is 15.0. The number of hydrogen-bond acceptors (Lipinski definition) is 2. The lowest BCUT2D eigenvalue weighted by Crippen LogP contribution is -2.24. The van der Waals surface area contributed by atoms with Gasteiger partial charge in [0.2, 0.25) is 5.91 Å². The molecule has 3 aromatic carbocycles. The van der Waals surface area contributed by atoms with E-state index in [1.165, 1.54) is 22.3 Å². The van der Waals surface area contributed by atoms with E-state index in [9.17, 15) is 4.79 Å². The van der Waals surface area contributed by atoms with Gasteiger partial charge in [-0.15, -0.1) is 0 Å². The molecule has 31 heavy (non-hydrogen) atoms. The van der Waals surface area contributed by atoms with Crippen molar-refractivity contribution in [2.45, 2.75) is 39.7 Å². The van der Waals surface area contributed by atoms with Crippen LogP contribution in [0.2, 0.25) is 0 Å². The highest BCUT2D eigenvalue weighted by molar-refractivity contribution is 5.96. The van der Waals surface area contributed by atoms with Crippen LogP contribution in [0.15, 0.2) is 66.7 Å². The van der Waals surface area contributed by atoms with Crippen molar-refractivity contribution in [3.63, 3.8) is 0 Å². The molecule has 0 aliphatic carbocycles. The highest BCUT2D eigenvalue weighted by Crippen LogP contribution is 2.34. The number of carbonyl (C=O) groups is 1. The van der Waals surface area contributed by atoms with E-state index in [4.69, 9.17) is 4.98 Å². The number of anilines is 1. The Morgan fingerprint density at radius 3 is 2.48 bits per heavy atom. The van der Waals surface area contributed by atoms with Gasteiger partial charge in [0.1, 0.15) is 5.82 Å². The second kappa shape index (κ2) is 7.69. The number of aromatic nitrogens is 2. The molecular weight excluding hydrogens is 382 g/mol. The van der Waals surface area contributed by atoms with Gasteiger partial charge in [-0.25, -0.2) is 4.98 Å². The van der Waals surface area contributed by atoms with Crippen LogP contribution in [0, 0.1) is 20.8 Å². The van der Waals surface area contributed by atoms with Crippen molar-refractivity contribution >= 4 is 22.6 Å². The summed E-state index contributed by atoms with van der Waals surface area (Å²) < 4.78 is 2.31. The Hall–Kier alpha value is -3.40. The highest BCUT2D eigenvalue weighted by Gasteiger charge is 2.34. The number of fused-ring (bicyclic) bond motifs is 1. The Morgan fingerprint density at radius 1 is 0.935 bits per heavy atom. The normalized spacial score (nSPS) is 16.4. The summed E-state index contributed by atoms with van der Waals surface area (Å²) in [7, 11) is 0. The number of hydrogen-bond donors (Lipinski definition) is 0. The van der Waals surface area contributed by atoms with E-state index in [1.807, 2.05) is 23.1 Å². The number of aryl methyl sites for hydroxylation is 3. The molecule has 0 bridgehead atoms. The maximum atomic E-state index is 12.9. The molecular formula is C27H27N3O. The molecule has 5 rings (SSSR count). The van der Waals surface area contributed by atoms with Crippen molar-refractivity contribution in [3.05, 3.63) is 94.8 Å². The summed E-state index contributed by atoms with van der Waals surface area (Å²) in [5.74, 6) is 1.25. The molecule has 0 unspecified atom stereocenters. The van der Waals surface area contributed by atoms with Crippen molar-refractivity contribution in [1.82, 2.24) is 9.55 Å². The van der Waals surface area contributed by atoms with E-state index in [0.29, 0.717) is 13.0 Å². The molecule has 4 heteroatoms. The van der Waals surface area contributed by atoms with Crippen LogP contribution in [0.5, 0.6) is 0 Å². The van der Waals surface area contributed by atoms with Gasteiger partial charge < -0.3 is 9.47 Å². The quantitative estimate of drug-likeness (QED) is 0.444. The van der Waals surface area contributed by atoms with Crippen LogP contribution in [0.3, 0.4) is 0 Å². The first-order valence-corrected chi connectivity index (χ1v) is 10.9. The predicted octanol–water partition coefficient (Wildman–Crippen LogP) is 5.53. The average molecular weight is 410 g/mol. The molecule has 1 aliphatic heterocycles. The Morgan fingerprint density at radius 2 is 1.68 bits per heavy atom. The van der Waals surface area contributed by atoms with Gasteiger partial charge in [-0.3, -0.25) is 4.79 Å². The summed E-state index contributed by atoms with van der Waals surface area (Å²) >= 11 is 0. The second-order valence-corrected chi connectivity index (χ2v) is 8.72. The molecule has 4 nitrogen and oxygen atoms in total. The smallest absolute Gasteiger partial charge is 0.227 e. The second-order valence-electron chi connectivity index (χ2n) is 8.72. The lowest BCUT2D eigenvalue weighted by Gasteiger charge is -2.18. The maximum absolute atomic E-state index is 12.9. The van der Waals surface area contributed by atoms with Gasteiger partial charge in [-0.1, -0.05) is 53.6 Å². The Kier molecular flexibility index (Phi) is 4.85. The fourth-order valence-electron chi connectivity index (χ4n) is 4.57. The third-order valence-electron chi connectivity index (χ3n) is 6.35. The van der Waals surface area contributed by atoms with Gasteiger partial charge in [-0.2, -0.15) is 0 Å². The topological polar surface area (TPSA) is 38.1 Å². The molecule has 4 aromatic rings. The van der Waals surface area contributed by atoms with Crippen LogP contribution in [0.4, 0.5) is 5.69 Å². The van der Waals surface area contributed by atoms with Gasteiger partial charge in [0.05, 0.1) is 11.0 Å². The SMILES string of the molecule is Cc1ccc(N2C[C@@H](c3nc4ccccc4n3Cc3cc(C)ccc3C)CC2=O)cc1. The van der Waals surface area contributed by atoms with E-state index in [1.54, 1.807) is 0 Å². The number of para-hydroxylation sites is 2. The van der Waals surface area contributed by atoms with Gasteiger partial charge in [0.25, 0.3) is 0 Å². The van der Waals surface area contributed by atoms with E-state index >= 15 is 0 Å². The third kappa shape index (κ3) is 3.63. The van der Waals surface area contributed by atoms with Gasteiger partial charge in [0, 0.05) is 31.1 Å². The number of benzene rings is 3. The lowest BCUT2D eigenvalue weighted by molar-refractivity contribution is -0.117. The van der Waals surface area contributed by atoms with Crippen molar-refractivity contribution in [2.24, 2.45) is 0 Å². The van der Waals surface area contributed by atoms with Gasteiger partial charge >= 0.3 is 0 Å². The number of amides is 1. The Bertz CT molecular complexity index is 1270. The van der Waals surface area contributed by atoms with Crippen LogP contribution in [-0.2, 0) is 11.3 Å². The van der Waals surface area contributed by atoms with Crippen LogP contribution >= 0.6 is 0 Å².